The van der Waals surface area contributed by atoms with Crippen molar-refractivity contribution in [3.63, 3.8) is 0 Å². The van der Waals surface area contributed by atoms with Gasteiger partial charge >= 0.3 is 6.03 Å². The van der Waals surface area contributed by atoms with Crippen LogP contribution in [0.3, 0.4) is 0 Å². The number of aldehydes is 1. The van der Waals surface area contributed by atoms with Crippen LogP contribution >= 0.6 is 11.8 Å². The summed E-state index contributed by atoms with van der Waals surface area (Å²) in [7, 11) is 0. The molecule has 2 amide bonds. The molecule has 1 heterocycles. The van der Waals surface area contributed by atoms with Gasteiger partial charge in [-0.1, -0.05) is 16.2 Å². The summed E-state index contributed by atoms with van der Waals surface area (Å²) in [6.07, 6.45) is 3.09. The van der Waals surface area contributed by atoms with E-state index >= 15 is 0 Å². The van der Waals surface area contributed by atoms with Gasteiger partial charge in [-0.25, -0.2) is 4.79 Å². The Balaban J connectivity index is 2.75. The number of hydrogen-bond acceptors (Lipinski definition) is 3. The van der Waals surface area contributed by atoms with Gasteiger partial charge in [0.05, 0.1) is 5.03 Å². The van der Waals surface area contributed by atoms with Crippen molar-refractivity contribution in [1.82, 2.24) is 10.4 Å². The van der Waals surface area contributed by atoms with Gasteiger partial charge in [-0.2, -0.15) is 5.54 Å². The summed E-state index contributed by atoms with van der Waals surface area (Å²) in [4.78, 5) is 21.8. The molecule has 0 aromatic heterocycles. The largest absolute Gasteiger partial charge is 0.354 e. The van der Waals surface area contributed by atoms with Gasteiger partial charge in [0.15, 0.2) is 0 Å². The minimum atomic E-state index is -0.913. The SMILES string of the molecule is O=C/C=C1/SC=CN1C(=O)NF. The number of allylic oxidation sites excluding steroid dienone is 1. The first-order chi connectivity index (χ1) is 5.79. The van der Waals surface area contributed by atoms with Crippen LogP contribution in [0.25, 0.3) is 0 Å². The Bertz CT molecular complexity index is 264. The smallest absolute Gasteiger partial charge is 0.298 e. The highest BCUT2D eigenvalue weighted by Crippen LogP contribution is 2.28. The number of hydrogen-bond donors (Lipinski definition) is 1. The lowest BCUT2D eigenvalue weighted by Gasteiger charge is -2.11. The van der Waals surface area contributed by atoms with Crippen LogP contribution in [-0.2, 0) is 4.79 Å². The zero-order valence-electron chi connectivity index (χ0n) is 5.86. The first-order valence-electron chi connectivity index (χ1n) is 2.98. The standard InChI is InChI=1S/C6H5FN2O2S/c7-8-6(11)9-2-4-12-5(9)1-3-10/h1-4H,(H,8,11)/b5-1+. The molecule has 0 unspecified atom stereocenters. The first-order valence-corrected chi connectivity index (χ1v) is 3.86. The molecular formula is C6H5FN2O2S. The van der Waals surface area contributed by atoms with Crippen molar-refractivity contribution in [2.75, 3.05) is 0 Å². The van der Waals surface area contributed by atoms with E-state index in [1.54, 1.807) is 5.41 Å². The number of halogens is 1. The maximum atomic E-state index is 11.7. The monoisotopic (exact) mass is 188 g/mol. The summed E-state index contributed by atoms with van der Waals surface area (Å²) in [6, 6.07) is -0.913. The van der Waals surface area contributed by atoms with Crippen LogP contribution in [0, 0.1) is 0 Å². The molecule has 1 N–H and O–H groups in total. The van der Waals surface area contributed by atoms with Gasteiger partial charge in [-0.05, 0) is 5.41 Å². The molecule has 0 aliphatic carbocycles. The molecule has 0 aromatic rings. The van der Waals surface area contributed by atoms with Crippen LogP contribution in [0.15, 0.2) is 22.7 Å². The van der Waals surface area contributed by atoms with Crippen molar-refractivity contribution in [3.8, 4) is 0 Å². The third-order valence-electron chi connectivity index (χ3n) is 1.15. The number of carbonyl (C=O) groups is 2. The van der Waals surface area contributed by atoms with Gasteiger partial charge < -0.3 is 0 Å². The Morgan fingerprint density at radius 2 is 2.50 bits per heavy atom. The predicted octanol–water partition coefficient (Wildman–Crippen LogP) is 1.14. The van der Waals surface area contributed by atoms with Gasteiger partial charge in [-0.15, -0.1) is 0 Å². The van der Waals surface area contributed by atoms with Crippen LogP contribution < -0.4 is 5.54 Å². The van der Waals surface area contributed by atoms with E-state index in [2.05, 4.69) is 0 Å². The van der Waals surface area contributed by atoms with E-state index in [-0.39, 0.29) is 0 Å². The number of carbonyl (C=O) groups excluding carboxylic acids is 2. The lowest BCUT2D eigenvalue weighted by Crippen LogP contribution is -2.28. The minimum absolute atomic E-state index is 0.375. The highest BCUT2D eigenvalue weighted by molar-refractivity contribution is 8.06. The van der Waals surface area contributed by atoms with Gasteiger partial charge in [0.25, 0.3) is 0 Å². The van der Waals surface area contributed by atoms with Crippen molar-refractivity contribution in [1.29, 1.82) is 0 Å². The summed E-state index contributed by atoms with van der Waals surface area (Å²) in [5.41, 5.74) is 0.961. The highest BCUT2D eigenvalue weighted by atomic mass is 32.2. The first kappa shape index (κ1) is 8.79. The van der Waals surface area contributed by atoms with Crippen molar-refractivity contribution in [2.45, 2.75) is 0 Å². The van der Waals surface area contributed by atoms with Crippen LogP contribution in [-0.4, -0.2) is 17.2 Å². The summed E-state index contributed by atoms with van der Waals surface area (Å²) in [5.74, 6) is 0. The van der Waals surface area contributed by atoms with Gasteiger partial charge in [0, 0.05) is 12.3 Å². The Morgan fingerprint density at radius 1 is 1.75 bits per heavy atom. The van der Waals surface area contributed by atoms with Crippen molar-refractivity contribution < 1.29 is 14.1 Å². The second-order valence-corrected chi connectivity index (χ2v) is 2.74. The molecule has 0 saturated carbocycles. The predicted molar refractivity (Wildman–Crippen MR) is 42.4 cm³/mol. The number of thioether (sulfide) groups is 1. The number of rotatable bonds is 1. The molecule has 6 heteroatoms. The Morgan fingerprint density at radius 3 is 3.08 bits per heavy atom. The van der Waals surface area contributed by atoms with E-state index in [1.165, 1.54) is 24.0 Å². The molecular weight excluding hydrogens is 183 g/mol. The second-order valence-electron chi connectivity index (χ2n) is 1.81. The van der Waals surface area contributed by atoms with Gasteiger partial charge in [0.1, 0.15) is 6.29 Å². The quantitative estimate of drug-likeness (QED) is 0.381. The lowest BCUT2D eigenvalue weighted by molar-refractivity contribution is -0.104. The summed E-state index contributed by atoms with van der Waals surface area (Å²) >= 11 is 1.17. The maximum absolute atomic E-state index is 11.7. The van der Waals surface area contributed by atoms with Gasteiger partial charge in [0.2, 0.25) is 0 Å². The van der Waals surface area contributed by atoms with E-state index < -0.39 is 6.03 Å². The zero-order chi connectivity index (χ0) is 8.97. The fourth-order valence-electron chi connectivity index (χ4n) is 0.682. The summed E-state index contributed by atoms with van der Waals surface area (Å²) < 4.78 is 11.7. The highest BCUT2D eigenvalue weighted by Gasteiger charge is 2.19. The molecule has 12 heavy (non-hydrogen) atoms. The Labute approximate surface area is 72.0 Å². The summed E-state index contributed by atoms with van der Waals surface area (Å²) in [5, 5.41) is 1.95. The molecule has 0 atom stereocenters. The van der Waals surface area contributed by atoms with Crippen LogP contribution in [0.1, 0.15) is 0 Å². The molecule has 0 spiro atoms. The molecule has 0 aromatic carbocycles. The van der Waals surface area contributed by atoms with E-state index in [1.807, 2.05) is 0 Å². The minimum Gasteiger partial charge on any atom is -0.298 e. The van der Waals surface area contributed by atoms with E-state index in [4.69, 9.17) is 0 Å². The number of urea groups is 1. The molecule has 1 aliphatic heterocycles. The normalized spacial score (nSPS) is 18.4. The van der Waals surface area contributed by atoms with Crippen LogP contribution in [0.2, 0.25) is 0 Å². The molecule has 64 valence electrons. The molecule has 4 nitrogen and oxygen atoms in total. The van der Waals surface area contributed by atoms with Crippen LogP contribution in [0.5, 0.6) is 0 Å². The van der Waals surface area contributed by atoms with E-state index in [0.29, 0.717) is 11.3 Å². The third-order valence-corrected chi connectivity index (χ3v) is 1.98. The van der Waals surface area contributed by atoms with E-state index in [9.17, 15) is 14.1 Å². The molecule has 1 aliphatic rings. The molecule has 0 radical (unpaired) electrons. The molecule has 0 bridgehead atoms. The molecule has 0 saturated heterocycles. The fourth-order valence-corrected chi connectivity index (χ4v) is 1.40. The fraction of sp³-hybridized carbons (Fsp3) is 0. The lowest BCUT2D eigenvalue weighted by atomic mass is 10.6. The van der Waals surface area contributed by atoms with Crippen LogP contribution in [0.4, 0.5) is 9.28 Å². The Hall–Kier alpha value is -1.30. The average molecular weight is 188 g/mol. The Kier molecular flexibility index (Phi) is 2.87. The number of amides is 2. The number of nitrogens with one attached hydrogen (secondary N) is 1. The van der Waals surface area contributed by atoms with Crippen molar-refractivity contribution >= 4 is 24.1 Å². The molecule has 0 fully saturated rings. The van der Waals surface area contributed by atoms with Crippen molar-refractivity contribution in [2.24, 2.45) is 0 Å². The second kappa shape index (κ2) is 3.91. The zero-order valence-corrected chi connectivity index (χ0v) is 6.68. The van der Waals surface area contributed by atoms with Crippen molar-refractivity contribution in [3.05, 3.63) is 22.7 Å². The number of nitrogens with zero attached hydrogens (tertiary/aromatic N) is 1. The third kappa shape index (κ3) is 1.65. The topological polar surface area (TPSA) is 49.4 Å². The molecule has 1 rings (SSSR count). The summed E-state index contributed by atoms with van der Waals surface area (Å²) in [6.45, 7) is 0. The van der Waals surface area contributed by atoms with Gasteiger partial charge in [-0.3, -0.25) is 9.69 Å². The van der Waals surface area contributed by atoms with E-state index in [0.717, 1.165) is 10.4 Å². The maximum Gasteiger partial charge on any atom is 0.354 e. The average Bonchev–Trinajstić information content (AvgIpc) is 2.52.